The second kappa shape index (κ2) is 10.5. The first-order chi connectivity index (χ1) is 14.8. The molecule has 2 aliphatic heterocycles. The molecule has 2 amide bonds. The van der Waals surface area contributed by atoms with E-state index in [-0.39, 0.29) is 6.42 Å². The van der Waals surface area contributed by atoms with Crippen molar-refractivity contribution in [2.45, 2.75) is 30.9 Å². The summed E-state index contributed by atoms with van der Waals surface area (Å²) in [6.45, 7) is 3.02. The smallest absolute Gasteiger partial charge is 0.410 e. The molecule has 2 fully saturated rings. The summed E-state index contributed by atoms with van der Waals surface area (Å²) in [4.78, 5) is 29.4. The van der Waals surface area contributed by atoms with E-state index in [1.165, 1.54) is 4.90 Å². The van der Waals surface area contributed by atoms with E-state index in [1.54, 1.807) is 18.2 Å². The first kappa shape index (κ1) is 23.6. The average Bonchev–Trinajstić information content (AvgIpc) is 2.78. The summed E-state index contributed by atoms with van der Waals surface area (Å²) in [5.74, 6) is -0.501. The highest BCUT2D eigenvalue weighted by molar-refractivity contribution is 6.42. The van der Waals surface area contributed by atoms with Crippen LogP contribution in [-0.2, 0) is 20.7 Å². The Morgan fingerprint density at radius 3 is 2.52 bits per heavy atom. The molecule has 8 nitrogen and oxygen atoms in total. The van der Waals surface area contributed by atoms with Crippen LogP contribution in [0, 0.1) is 11.3 Å². The number of nitrogens with zero attached hydrogens (tertiary/aromatic N) is 3. The minimum atomic E-state index is -1.11. The molecule has 1 atom stereocenters. The number of likely N-dealkylation sites (tertiary alicyclic amines) is 1. The lowest BCUT2D eigenvalue weighted by atomic mass is 9.88. The average molecular weight is 469 g/mol. The van der Waals surface area contributed by atoms with Crippen molar-refractivity contribution >= 4 is 35.2 Å². The largest absolute Gasteiger partial charge is 0.436 e. The maximum Gasteiger partial charge on any atom is 0.410 e. The predicted molar refractivity (Wildman–Crippen MR) is 116 cm³/mol. The highest BCUT2D eigenvalue weighted by atomic mass is 35.5. The lowest BCUT2D eigenvalue weighted by molar-refractivity contribution is -0.132. The van der Waals surface area contributed by atoms with Crippen LogP contribution >= 0.6 is 23.2 Å². The third-order valence-electron chi connectivity index (χ3n) is 5.63. The Bertz CT molecular complexity index is 846. The molecule has 0 aliphatic carbocycles. The zero-order chi connectivity index (χ0) is 22.4. The van der Waals surface area contributed by atoms with E-state index in [9.17, 15) is 14.9 Å². The Morgan fingerprint density at radius 1 is 1.23 bits per heavy atom. The van der Waals surface area contributed by atoms with Crippen molar-refractivity contribution in [1.29, 1.82) is 5.26 Å². The van der Waals surface area contributed by atoms with Crippen LogP contribution in [0.4, 0.5) is 4.79 Å². The number of carbonyl (C=O) groups excluding carboxylic acids is 2. The second-order valence-electron chi connectivity index (χ2n) is 7.91. The Balaban J connectivity index is 1.76. The van der Waals surface area contributed by atoms with Crippen molar-refractivity contribution in [1.82, 2.24) is 15.1 Å². The number of carbonyl (C=O) groups is 2. The van der Waals surface area contributed by atoms with Crippen LogP contribution in [0.15, 0.2) is 18.2 Å². The summed E-state index contributed by atoms with van der Waals surface area (Å²) in [5, 5.41) is 13.4. The number of ether oxygens (including phenoxy) is 2. The van der Waals surface area contributed by atoms with Crippen molar-refractivity contribution in [3.63, 3.8) is 0 Å². The van der Waals surface area contributed by atoms with Crippen LogP contribution in [0.25, 0.3) is 0 Å². The van der Waals surface area contributed by atoms with E-state index in [4.69, 9.17) is 32.7 Å². The fourth-order valence-corrected chi connectivity index (χ4v) is 3.91. The van der Waals surface area contributed by atoms with Crippen molar-refractivity contribution in [2.75, 3.05) is 46.4 Å². The molecule has 0 bridgehead atoms. The van der Waals surface area contributed by atoms with Gasteiger partial charge in [0.15, 0.2) is 6.10 Å². The molecule has 31 heavy (non-hydrogen) atoms. The number of nitriles is 1. The number of benzene rings is 1. The zero-order valence-electron chi connectivity index (χ0n) is 17.4. The van der Waals surface area contributed by atoms with Gasteiger partial charge in [-0.05, 0) is 37.6 Å². The fraction of sp³-hybridized carbons (Fsp3) is 0.571. The normalized spacial score (nSPS) is 19.9. The molecule has 168 valence electrons. The number of piperidine rings is 1. The molecule has 1 aromatic carbocycles. The van der Waals surface area contributed by atoms with Gasteiger partial charge in [-0.2, -0.15) is 5.26 Å². The molecule has 0 spiro atoms. The molecular weight excluding hydrogens is 443 g/mol. The molecule has 1 aromatic rings. The lowest BCUT2D eigenvalue weighted by Crippen LogP contribution is -2.57. The zero-order valence-corrected chi connectivity index (χ0v) is 18.9. The van der Waals surface area contributed by atoms with Gasteiger partial charge < -0.3 is 24.6 Å². The number of morpholine rings is 1. The maximum absolute atomic E-state index is 13.2. The van der Waals surface area contributed by atoms with E-state index in [2.05, 4.69) is 16.3 Å². The number of rotatable bonds is 5. The predicted octanol–water partition coefficient (Wildman–Crippen LogP) is 2.48. The summed E-state index contributed by atoms with van der Waals surface area (Å²) < 4.78 is 10.9. The first-order valence-electron chi connectivity index (χ1n) is 10.2. The van der Waals surface area contributed by atoms with Crippen LogP contribution in [0.2, 0.25) is 10.0 Å². The summed E-state index contributed by atoms with van der Waals surface area (Å²) in [5.41, 5.74) is -0.288. The SMILES string of the molecule is CN1CCC(C#N)(NC(=O)[C@H](Cc2ccc(Cl)c(Cl)c2)OC(=O)N2CCOCC2)CC1. The molecule has 0 unspecified atom stereocenters. The van der Waals surface area contributed by atoms with Crippen molar-refractivity contribution in [2.24, 2.45) is 0 Å². The van der Waals surface area contributed by atoms with Crippen LogP contribution in [0.5, 0.6) is 0 Å². The van der Waals surface area contributed by atoms with Gasteiger partial charge in [0.05, 0.1) is 29.3 Å². The molecule has 3 rings (SSSR count). The third kappa shape index (κ3) is 6.23. The molecule has 0 saturated carbocycles. The topological polar surface area (TPSA) is 94.9 Å². The van der Waals surface area contributed by atoms with Gasteiger partial charge in [-0.25, -0.2) is 4.79 Å². The van der Waals surface area contributed by atoms with Gasteiger partial charge >= 0.3 is 6.09 Å². The van der Waals surface area contributed by atoms with E-state index in [0.29, 0.717) is 67.8 Å². The Kier molecular flexibility index (Phi) is 8.00. The van der Waals surface area contributed by atoms with Crippen molar-refractivity contribution in [3.8, 4) is 6.07 Å². The van der Waals surface area contributed by atoms with Crippen LogP contribution in [-0.4, -0.2) is 79.9 Å². The minimum Gasteiger partial charge on any atom is -0.436 e. The second-order valence-corrected chi connectivity index (χ2v) is 8.73. The molecular formula is C21H26Cl2N4O4. The summed E-state index contributed by atoms with van der Waals surface area (Å²) in [6, 6.07) is 7.26. The molecule has 2 saturated heterocycles. The number of nitrogens with one attached hydrogen (secondary N) is 1. The molecule has 1 N–H and O–H groups in total. The molecule has 0 radical (unpaired) electrons. The van der Waals surface area contributed by atoms with Crippen LogP contribution < -0.4 is 5.32 Å². The lowest BCUT2D eigenvalue weighted by Gasteiger charge is -2.37. The number of halogens is 2. The molecule has 10 heteroatoms. The van der Waals surface area contributed by atoms with Gasteiger partial charge in [-0.3, -0.25) is 4.79 Å². The quantitative estimate of drug-likeness (QED) is 0.712. The van der Waals surface area contributed by atoms with Crippen LogP contribution in [0.3, 0.4) is 0 Å². The standard InChI is InChI=1S/C21H26Cl2N4O4/c1-26-6-4-21(14-24,5-7-26)25-19(28)18(13-15-2-3-16(22)17(23)12-15)31-20(29)27-8-10-30-11-9-27/h2-3,12,18H,4-11,13H2,1H3,(H,25,28)/t18-/m0/s1. The van der Waals surface area contributed by atoms with Gasteiger partial charge in [0.2, 0.25) is 0 Å². The number of hydrogen-bond donors (Lipinski definition) is 1. The van der Waals surface area contributed by atoms with E-state index in [1.807, 2.05) is 7.05 Å². The summed E-state index contributed by atoms with van der Waals surface area (Å²) in [6.07, 6.45) is -0.582. The van der Waals surface area contributed by atoms with Crippen molar-refractivity contribution < 1.29 is 19.1 Å². The molecule has 2 aliphatic rings. The summed E-state index contributed by atoms with van der Waals surface area (Å²) in [7, 11) is 1.97. The Morgan fingerprint density at radius 2 is 1.90 bits per heavy atom. The van der Waals surface area contributed by atoms with E-state index in [0.717, 1.165) is 0 Å². The minimum absolute atomic E-state index is 0.111. The highest BCUT2D eigenvalue weighted by Gasteiger charge is 2.38. The number of amides is 2. The Labute approximate surface area is 192 Å². The van der Waals surface area contributed by atoms with Crippen LogP contribution in [0.1, 0.15) is 18.4 Å². The van der Waals surface area contributed by atoms with Gasteiger partial charge in [-0.1, -0.05) is 29.3 Å². The Hall–Kier alpha value is -2.05. The number of hydrogen-bond acceptors (Lipinski definition) is 6. The highest BCUT2D eigenvalue weighted by Crippen LogP contribution is 2.25. The maximum atomic E-state index is 13.2. The van der Waals surface area contributed by atoms with E-state index < -0.39 is 23.6 Å². The molecule has 0 aromatic heterocycles. The van der Waals surface area contributed by atoms with E-state index >= 15 is 0 Å². The van der Waals surface area contributed by atoms with Gasteiger partial charge in [0.1, 0.15) is 5.54 Å². The first-order valence-corrected chi connectivity index (χ1v) is 11.0. The molecule has 2 heterocycles. The monoisotopic (exact) mass is 468 g/mol. The summed E-state index contributed by atoms with van der Waals surface area (Å²) >= 11 is 12.1. The third-order valence-corrected chi connectivity index (χ3v) is 6.37. The fourth-order valence-electron chi connectivity index (χ4n) is 3.59. The van der Waals surface area contributed by atoms with Gasteiger partial charge in [0, 0.05) is 32.6 Å². The van der Waals surface area contributed by atoms with Gasteiger partial charge in [-0.15, -0.1) is 0 Å². The van der Waals surface area contributed by atoms with Gasteiger partial charge in [0.25, 0.3) is 5.91 Å². The van der Waals surface area contributed by atoms with Crippen molar-refractivity contribution in [3.05, 3.63) is 33.8 Å².